The Balaban J connectivity index is 0.00000153. The van der Waals surface area contributed by atoms with Crippen molar-refractivity contribution in [1.29, 1.82) is 0 Å². The van der Waals surface area contributed by atoms with Crippen molar-refractivity contribution in [3.8, 4) is 17.6 Å². The number of unbranched alkanes of at least 4 members (excludes halogenated alkanes) is 10. The zero-order chi connectivity index (χ0) is 20.2. The fourth-order valence-corrected chi connectivity index (χ4v) is 2.70. The summed E-state index contributed by atoms with van der Waals surface area (Å²) in [4.78, 5) is 8.72. The van der Waals surface area contributed by atoms with Crippen LogP contribution in [0.25, 0.3) is 0 Å². The van der Waals surface area contributed by atoms with E-state index in [0.29, 0.717) is 5.75 Å². The van der Waals surface area contributed by atoms with Crippen molar-refractivity contribution in [1.82, 2.24) is 0 Å². The number of hydrogen-bond acceptors (Lipinski definition) is 2. The van der Waals surface area contributed by atoms with Crippen molar-refractivity contribution in [3.63, 3.8) is 0 Å². The molecular formula is C23H38O3P+. The Hall–Kier alpha value is -1.36. The first-order chi connectivity index (χ1) is 13.1. The van der Waals surface area contributed by atoms with Gasteiger partial charge >= 0.3 is 8.25 Å². The summed E-state index contributed by atoms with van der Waals surface area (Å²) in [6.45, 7) is 6.61. The van der Waals surface area contributed by atoms with Gasteiger partial charge in [-0.05, 0) is 18.6 Å². The van der Waals surface area contributed by atoms with Gasteiger partial charge < -0.3 is 0 Å². The van der Waals surface area contributed by atoms with Crippen LogP contribution in [-0.4, -0.2) is 4.89 Å². The van der Waals surface area contributed by atoms with E-state index in [1.54, 1.807) is 18.2 Å². The van der Waals surface area contributed by atoms with Crippen LogP contribution in [0.5, 0.6) is 5.75 Å². The van der Waals surface area contributed by atoms with Gasteiger partial charge in [0.2, 0.25) is 0 Å². The molecule has 0 amide bonds. The first kappa shape index (κ1) is 25.6. The van der Waals surface area contributed by atoms with Gasteiger partial charge in [-0.3, -0.25) is 0 Å². The smallest absolute Gasteiger partial charge is 0.229 e. The third-order valence-electron chi connectivity index (χ3n) is 4.16. The van der Waals surface area contributed by atoms with E-state index >= 15 is 0 Å². The van der Waals surface area contributed by atoms with Crippen LogP contribution >= 0.6 is 8.25 Å². The summed E-state index contributed by atoms with van der Waals surface area (Å²) in [5.41, 5.74) is 0.815. The van der Waals surface area contributed by atoms with Crippen molar-refractivity contribution < 1.29 is 14.0 Å². The van der Waals surface area contributed by atoms with Crippen LogP contribution in [-0.2, 0) is 4.57 Å². The fourth-order valence-electron chi connectivity index (χ4n) is 2.41. The Kier molecular flexibility index (Phi) is 18.4. The Morgan fingerprint density at radius 2 is 1.48 bits per heavy atom. The van der Waals surface area contributed by atoms with Crippen molar-refractivity contribution in [2.45, 2.75) is 97.8 Å². The molecule has 4 heteroatoms. The highest BCUT2D eigenvalue weighted by molar-refractivity contribution is 7.32. The second-order valence-corrected chi connectivity index (χ2v) is 7.40. The third kappa shape index (κ3) is 17.8. The molecule has 1 unspecified atom stereocenters. The van der Waals surface area contributed by atoms with Crippen LogP contribution in [0.4, 0.5) is 0 Å². The maximum atomic E-state index is 10.6. The van der Waals surface area contributed by atoms with Gasteiger partial charge in [-0.25, -0.2) is 4.52 Å². The lowest BCUT2D eigenvalue weighted by Crippen LogP contribution is -1.82. The number of hydrogen-bond donors (Lipinski definition) is 1. The summed E-state index contributed by atoms with van der Waals surface area (Å²) < 4.78 is 15.4. The molecule has 1 rings (SSSR count). The molecule has 0 saturated carbocycles. The average molecular weight is 394 g/mol. The van der Waals surface area contributed by atoms with Gasteiger partial charge in [0.15, 0.2) is 5.75 Å². The van der Waals surface area contributed by atoms with E-state index in [-0.39, 0.29) is 0 Å². The second-order valence-electron chi connectivity index (χ2n) is 6.74. The number of rotatable bonds is 12. The van der Waals surface area contributed by atoms with Gasteiger partial charge in [0.25, 0.3) is 0 Å². The van der Waals surface area contributed by atoms with Crippen LogP contribution in [0, 0.1) is 11.8 Å². The molecule has 1 aromatic carbocycles. The monoisotopic (exact) mass is 393 g/mol. The van der Waals surface area contributed by atoms with Crippen LogP contribution in [0.15, 0.2) is 24.3 Å². The van der Waals surface area contributed by atoms with Gasteiger partial charge in [0.05, 0.1) is 0 Å². The molecule has 1 N–H and O–H groups in total. The molecule has 0 bridgehead atoms. The molecule has 0 aliphatic carbocycles. The van der Waals surface area contributed by atoms with E-state index in [9.17, 15) is 4.57 Å². The molecule has 0 saturated heterocycles. The highest BCUT2D eigenvalue weighted by atomic mass is 31.1. The van der Waals surface area contributed by atoms with Crippen molar-refractivity contribution in [2.75, 3.05) is 0 Å². The minimum Gasteiger partial charge on any atom is -0.229 e. The minimum absolute atomic E-state index is 0.378. The van der Waals surface area contributed by atoms with Gasteiger partial charge in [-0.1, -0.05) is 103 Å². The molecule has 3 nitrogen and oxygen atoms in total. The number of benzene rings is 1. The predicted octanol–water partition coefficient (Wildman–Crippen LogP) is 7.79. The zero-order valence-corrected chi connectivity index (χ0v) is 18.4. The normalized spacial score (nSPS) is 10.3. The van der Waals surface area contributed by atoms with E-state index in [1.807, 2.05) is 6.07 Å². The Labute approximate surface area is 167 Å². The average Bonchev–Trinajstić information content (AvgIpc) is 2.66. The standard InChI is InChI=1S/C19H27O3P.C4H10/c1-2-3-4-5-6-7-8-9-10-11-12-14-18-15-13-16-19(17-18)22-23(20)21;1-3-4-2/h13,15-17H,2-11H2,1H3;3-4H2,1-2H3/p+1. The molecule has 1 aromatic rings. The summed E-state index contributed by atoms with van der Waals surface area (Å²) in [6.07, 6.45) is 15.4. The van der Waals surface area contributed by atoms with Crippen LogP contribution < -0.4 is 4.52 Å². The predicted molar refractivity (Wildman–Crippen MR) is 116 cm³/mol. The van der Waals surface area contributed by atoms with Crippen LogP contribution in [0.3, 0.4) is 0 Å². The summed E-state index contributed by atoms with van der Waals surface area (Å²) in [5.74, 6) is 6.62. The Morgan fingerprint density at radius 3 is 2.04 bits per heavy atom. The highest BCUT2D eigenvalue weighted by Crippen LogP contribution is 2.23. The van der Waals surface area contributed by atoms with E-state index in [4.69, 9.17) is 9.42 Å². The Bertz CT molecular complexity index is 544. The maximum Gasteiger partial charge on any atom is 0.747 e. The van der Waals surface area contributed by atoms with Crippen molar-refractivity contribution >= 4 is 8.25 Å². The molecule has 0 heterocycles. The highest BCUT2D eigenvalue weighted by Gasteiger charge is 2.13. The van der Waals surface area contributed by atoms with Crippen LogP contribution in [0.2, 0.25) is 0 Å². The third-order valence-corrected chi connectivity index (χ3v) is 4.52. The summed E-state index contributed by atoms with van der Waals surface area (Å²) in [6, 6.07) is 6.99. The molecular weight excluding hydrogens is 355 g/mol. The SMILES string of the molecule is CCCC.CCCCCCCCCCCC#Cc1cccc(O[P+](=O)O)c1. The van der Waals surface area contributed by atoms with E-state index in [1.165, 1.54) is 64.2 Å². The quantitative estimate of drug-likeness (QED) is 0.224. The van der Waals surface area contributed by atoms with Gasteiger partial charge in [-0.2, -0.15) is 0 Å². The molecule has 1 atom stereocenters. The van der Waals surface area contributed by atoms with E-state index < -0.39 is 8.25 Å². The van der Waals surface area contributed by atoms with E-state index in [0.717, 1.165) is 18.4 Å². The van der Waals surface area contributed by atoms with Gasteiger partial charge in [-0.15, -0.1) is 4.89 Å². The molecule has 0 aliphatic rings. The summed E-state index contributed by atoms with van der Waals surface area (Å²) in [7, 11) is -2.62. The lowest BCUT2D eigenvalue weighted by Gasteiger charge is -2.00. The van der Waals surface area contributed by atoms with E-state index in [2.05, 4.69) is 32.6 Å². The fraction of sp³-hybridized carbons (Fsp3) is 0.652. The van der Waals surface area contributed by atoms with Gasteiger partial charge in [0, 0.05) is 22.6 Å². The summed E-state index contributed by atoms with van der Waals surface area (Å²) >= 11 is 0. The van der Waals surface area contributed by atoms with Gasteiger partial charge in [0.1, 0.15) is 0 Å². The molecule has 27 heavy (non-hydrogen) atoms. The van der Waals surface area contributed by atoms with Crippen LogP contribution in [0.1, 0.15) is 103 Å². The van der Waals surface area contributed by atoms with Crippen molar-refractivity contribution in [3.05, 3.63) is 29.8 Å². The maximum absolute atomic E-state index is 10.6. The summed E-state index contributed by atoms with van der Waals surface area (Å²) in [5, 5.41) is 0. The lowest BCUT2D eigenvalue weighted by atomic mass is 10.1. The van der Waals surface area contributed by atoms with Crippen molar-refractivity contribution in [2.24, 2.45) is 0 Å². The first-order valence-electron chi connectivity index (χ1n) is 10.6. The molecule has 0 fully saturated rings. The molecule has 0 spiro atoms. The largest absolute Gasteiger partial charge is 0.747 e. The lowest BCUT2D eigenvalue weighted by molar-refractivity contribution is 0.410. The molecule has 152 valence electrons. The molecule has 0 aliphatic heterocycles. The topological polar surface area (TPSA) is 46.5 Å². The first-order valence-corrected chi connectivity index (χ1v) is 11.7. The molecule has 0 radical (unpaired) electrons. The molecule has 0 aromatic heterocycles. The minimum atomic E-state index is -2.62. The zero-order valence-electron chi connectivity index (χ0n) is 17.5. The second kappa shape index (κ2) is 19.4. The Morgan fingerprint density at radius 1 is 0.889 bits per heavy atom.